The van der Waals surface area contributed by atoms with Crippen LogP contribution in [0.3, 0.4) is 0 Å². The number of methoxy groups -OCH3 is 2. The molecule has 0 aromatic heterocycles. The molecule has 1 heterocycles. The first-order valence-electron chi connectivity index (χ1n) is 10.9. The van der Waals surface area contributed by atoms with Gasteiger partial charge in [-0.2, -0.15) is 0 Å². The number of ether oxygens (including phenoxy) is 2. The van der Waals surface area contributed by atoms with E-state index in [2.05, 4.69) is 5.32 Å². The Hall–Kier alpha value is -3.88. The molecule has 3 amide bonds. The number of carbonyl (C=O) groups is 4. The van der Waals surface area contributed by atoms with E-state index >= 15 is 0 Å². The molecule has 0 saturated carbocycles. The van der Waals surface area contributed by atoms with E-state index in [0.29, 0.717) is 28.4 Å². The normalized spacial score (nSPS) is 15.0. The van der Waals surface area contributed by atoms with Crippen molar-refractivity contribution in [1.29, 1.82) is 0 Å². The number of benzene rings is 2. The van der Waals surface area contributed by atoms with Gasteiger partial charge in [0, 0.05) is 37.9 Å². The van der Waals surface area contributed by atoms with Crippen molar-refractivity contribution >= 4 is 34.9 Å². The number of anilines is 2. The zero-order chi connectivity index (χ0) is 24.8. The molecule has 2 aromatic rings. The van der Waals surface area contributed by atoms with E-state index in [9.17, 15) is 19.2 Å². The van der Waals surface area contributed by atoms with Gasteiger partial charge < -0.3 is 24.6 Å². The number of likely N-dealkylation sites (N-methyl/N-ethyl adjacent to an activating group) is 1. The number of para-hydroxylation sites is 2. The minimum absolute atomic E-state index is 0.00573. The first-order chi connectivity index (χ1) is 16.2. The molecule has 1 N–H and O–H groups in total. The van der Waals surface area contributed by atoms with Crippen LogP contribution in [0.15, 0.2) is 42.5 Å². The van der Waals surface area contributed by atoms with Gasteiger partial charge in [-0.1, -0.05) is 12.1 Å². The standard InChI is InChI=1S/C25H29N3O6/c1-16-13-23(30)26-18-7-5-6-8-19(18)28(16)25(32)15-27(2)24(31)12-10-20(29)17-9-11-21(33-3)22(14-17)34-4/h5-9,11,14,16H,10,12-13,15H2,1-4H3,(H,26,30). The van der Waals surface area contributed by atoms with Crippen LogP contribution >= 0.6 is 0 Å². The summed E-state index contributed by atoms with van der Waals surface area (Å²) in [6.07, 6.45) is 0.106. The molecule has 180 valence electrons. The van der Waals surface area contributed by atoms with E-state index in [0.717, 1.165) is 0 Å². The summed E-state index contributed by atoms with van der Waals surface area (Å²) in [5, 5.41) is 2.81. The van der Waals surface area contributed by atoms with Crippen LogP contribution < -0.4 is 19.7 Å². The van der Waals surface area contributed by atoms with E-state index in [1.54, 1.807) is 54.3 Å². The number of ketones is 1. The summed E-state index contributed by atoms with van der Waals surface area (Å²) in [7, 11) is 4.52. The third kappa shape index (κ3) is 5.54. The van der Waals surface area contributed by atoms with Gasteiger partial charge in [-0.15, -0.1) is 0 Å². The van der Waals surface area contributed by atoms with Crippen LogP contribution in [-0.2, 0) is 14.4 Å². The Balaban J connectivity index is 1.63. The van der Waals surface area contributed by atoms with Crippen molar-refractivity contribution < 1.29 is 28.7 Å². The number of hydrogen-bond donors (Lipinski definition) is 1. The lowest BCUT2D eigenvalue weighted by atomic mass is 10.1. The van der Waals surface area contributed by atoms with Crippen LogP contribution in [0.5, 0.6) is 11.5 Å². The highest BCUT2D eigenvalue weighted by Crippen LogP contribution is 2.31. The lowest BCUT2D eigenvalue weighted by molar-refractivity contribution is -0.134. The van der Waals surface area contributed by atoms with Gasteiger partial charge in [0.2, 0.25) is 17.7 Å². The van der Waals surface area contributed by atoms with Gasteiger partial charge in [-0.3, -0.25) is 19.2 Å². The smallest absolute Gasteiger partial charge is 0.246 e. The highest BCUT2D eigenvalue weighted by Gasteiger charge is 2.30. The molecule has 0 bridgehead atoms. The number of nitrogens with zero attached hydrogens (tertiary/aromatic N) is 2. The summed E-state index contributed by atoms with van der Waals surface area (Å²) in [6.45, 7) is 1.62. The molecule has 34 heavy (non-hydrogen) atoms. The minimum atomic E-state index is -0.369. The molecule has 9 nitrogen and oxygen atoms in total. The fourth-order valence-electron chi connectivity index (χ4n) is 3.90. The highest BCUT2D eigenvalue weighted by atomic mass is 16.5. The number of Topliss-reactive ketones (excluding diaryl/α,β-unsaturated/α-hetero) is 1. The fraction of sp³-hybridized carbons (Fsp3) is 0.360. The largest absolute Gasteiger partial charge is 0.493 e. The third-order valence-electron chi connectivity index (χ3n) is 5.70. The van der Waals surface area contributed by atoms with Gasteiger partial charge in [-0.05, 0) is 37.3 Å². The molecule has 1 atom stereocenters. The quantitative estimate of drug-likeness (QED) is 0.599. The Kier molecular flexibility index (Phi) is 7.88. The second-order valence-electron chi connectivity index (χ2n) is 8.12. The maximum absolute atomic E-state index is 13.1. The predicted octanol–water partition coefficient (Wildman–Crippen LogP) is 2.89. The van der Waals surface area contributed by atoms with E-state index < -0.39 is 0 Å². The van der Waals surface area contributed by atoms with Crippen LogP contribution in [-0.4, -0.2) is 62.3 Å². The monoisotopic (exact) mass is 467 g/mol. The number of rotatable bonds is 8. The summed E-state index contributed by atoms with van der Waals surface area (Å²) in [4.78, 5) is 53.4. The maximum atomic E-state index is 13.1. The Bertz CT molecular complexity index is 1100. The number of amides is 3. The number of fused-ring (bicyclic) bond motifs is 1. The van der Waals surface area contributed by atoms with Crippen LogP contribution in [0.1, 0.15) is 36.5 Å². The van der Waals surface area contributed by atoms with Crippen molar-refractivity contribution in [2.24, 2.45) is 0 Å². The molecule has 0 radical (unpaired) electrons. The Morgan fingerprint density at radius 3 is 2.47 bits per heavy atom. The van der Waals surface area contributed by atoms with Gasteiger partial charge in [0.1, 0.15) is 0 Å². The molecule has 0 saturated heterocycles. The average molecular weight is 468 g/mol. The number of nitrogens with one attached hydrogen (secondary N) is 1. The number of hydrogen-bond acceptors (Lipinski definition) is 6. The van der Waals surface area contributed by atoms with E-state index in [1.807, 2.05) is 0 Å². The maximum Gasteiger partial charge on any atom is 0.246 e. The van der Waals surface area contributed by atoms with E-state index in [-0.39, 0.29) is 55.4 Å². The summed E-state index contributed by atoms with van der Waals surface area (Å²) in [5.41, 5.74) is 1.56. The van der Waals surface area contributed by atoms with Crippen molar-refractivity contribution in [3.8, 4) is 11.5 Å². The molecular formula is C25H29N3O6. The topological polar surface area (TPSA) is 105 Å². The Labute approximate surface area is 198 Å². The van der Waals surface area contributed by atoms with Gasteiger partial charge in [0.05, 0.1) is 32.1 Å². The molecule has 1 unspecified atom stereocenters. The lowest BCUT2D eigenvalue weighted by Crippen LogP contribution is -2.45. The van der Waals surface area contributed by atoms with Crippen LogP contribution in [0.4, 0.5) is 11.4 Å². The highest BCUT2D eigenvalue weighted by molar-refractivity contribution is 6.05. The summed E-state index contributed by atoms with van der Waals surface area (Å²) in [6, 6.07) is 11.5. The van der Waals surface area contributed by atoms with Crippen molar-refractivity contribution in [2.45, 2.75) is 32.2 Å². The van der Waals surface area contributed by atoms with Crippen molar-refractivity contribution in [3.05, 3.63) is 48.0 Å². The Morgan fingerprint density at radius 1 is 1.06 bits per heavy atom. The lowest BCUT2D eigenvalue weighted by Gasteiger charge is -2.29. The summed E-state index contributed by atoms with van der Waals surface area (Å²) in [5.74, 6) is -0.0792. The first-order valence-corrected chi connectivity index (χ1v) is 10.9. The number of carbonyl (C=O) groups excluding carboxylic acids is 4. The molecule has 2 aromatic carbocycles. The van der Waals surface area contributed by atoms with Crippen LogP contribution in [0.2, 0.25) is 0 Å². The molecule has 0 aliphatic carbocycles. The van der Waals surface area contributed by atoms with Gasteiger partial charge in [0.15, 0.2) is 17.3 Å². The summed E-state index contributed by atoms with van der Waals surface area (Å²) < 4.78 is 10.4. The summed E-state index contributed by atoms with van der Waals surface area (Å²) >= 11 is 0. The van der Waals surface area contributed by atoms with Crippen molar-refractivity contribution in [1.82, 2.24) is 4.90 Å². The second-order valence-corrected chi connectivity index (χ2v) is 8.12. The van der Waals surface area contributed by atoms with E-state index in [1.165, 1.54) is 26.2 Å². The first kappa shape index (κ1) is 24.8. The molecule has 0 spiro atoms. The molecule has 1 aliphatic heterocycles. The van der Waals surface area contributed by atoms with Crippen LogP contribution in [0, 0.1) is 0 Å². The van der Waals surface area contributed by atoms with E-state index in [4.69, 9.17) is 9.47 Å². The van der Waals surface area contributed by atoms with Gasteiger partial charge in [-0.25, -0.2) is 0 Å². The van der Waals surface area contributed by atoms with Crippen LogP contribution in [0.25, 0.3) is 0 Å². The molecule has 9 heteroatoms. The van der Waals surface area contributed by atoms with Crippen molar-refractivity contribution in [3.63, 3.8) is 0 Å². The second kappa shape index (κ2) is 10.8. The van der Waals surface area contributed by atoms with Crippen molar-refractivity contribution in [2.75, 3.05) is 38.0 Å². The van der Waals surface area contributed by atoms with Gasteiger partial charge in [0.25, 0.3) is 0 Å². The molecule has 1 aliphatic rings. The molecule has 3 rings (SSSR count). The Morgan fingerprint density at radius 2 is 1.76 bits per heavy atom. The average Bonchev–Trinajstić information content (AvgIpc) is 2.95. The SMILES string of the molecule is COc1ccc(C(=O)CCC(=O)N(C)CC(=O)N2c3ccccc3NC(=O)CC2C)cc1OC. The van der Waals surface area contributed by atoms with Gasteiger partial charge >= 0.3 is 0 Å². The molecular weight excluding hydrogens is 438 g/mol. The zero-order valence-corrected chi connectivity index (χ0v) is 19.8. The third-order valence-corrected chi connectivity index (χ3v) is 5.70. The fourth-order valence-corrected chi connectivity index (χ4v) is 3.90. The molecule has 0 fully saturated rings. The predicted molar refractivity (Wildman–Crippen MR) is 127 cm³/mol. The minimum Gasteiger partial charge on any atom is -0.493 e. The zero-order valence-electron chi connectivity index (χ0n) is 19.8.